The Hall–Kier alpha value is -0.800. The Morgan fingerprint density at radius 3 is 2.86 bits per heavy atom. The number of piperidine rings is 1. The summed E-state index contributed by atoms with van der Waals surface area (Å²) in [6, 6.07) is 0. The highest BCUT2D eigenvalue weighted by atomic mass is 16.5. The van der Waals surface area contributed by atoms with E-state index in [1.54, 1.807) is 7.11 Å². The van der Waals surface area contributed by atoms with Crippen molar-refractivity contribution in [2.45, 2.75) is 19.1 Å². The fraction of sp³-hybridized carbons (Fsp3) is 0.636. The Bertz CT molecular complexity index is 242. The molecule has 0 radical (unpaired) electrons. The molecular weight excluding hydrogens is 176 g/mol. The molecule has 1 fully saturated rings. The predicted octanol–water partition coefficient (Wildman–Crippen LogP) is 1.00. The van der Waals surface area contributed by atoms with Gasteiger partial charge in [-0.3, -0.25) is 0 Å². The summed E-state index contributed by atoms with van der Waals surface area (Å²) in [5.41, 5.74) is 1.40. The summed E-state index contributed by atoms with van der Waals surface area (Å²) in [4.78, 5) is 0. The van der Waals surface area contributed by atoms with Crippen LogP contribution in [0, 0.1) is 5.92 Å². The average Bonchev–Trinajstić information content (AvgIpc) is 2.30. The minimum atomic E-state index is 0.0862. The van der Waals surface area contributed by atoms with Gasteiger partial charge in [0.1, 0.15) is 6.23 Å². The molecule has 2 aliphatic heterocycles. The highest BCUT2D eigenvalue weighted by molar-refractivity contribution is 5.23. The maximum Gasteiger partial charge on any atom is 0.149 e. The lowest BCUT2D eigenvalue weighted by molar-refractivity contribution is 0.101. The maximum atomic E-state index is 5.41. The summed E-state index contributed by atoms with van der Waals surface area (Å²) >= 11 is 0. The van der Waals surface area contributed by atoms with Crippen LogP contribution in [0.4, 0.5) is 0 Å². The number of nitrogens with one attached hydrogen (secondary N) is 2. The van der Waals surface area contributed by atoms with E-state index in [4.69, 9.17) is 4.74 Å². The molecule has 1 unspecified atom stereocenters. The Balaban J connectivity index is 2.05. The van der Waals surface area contributed by atoms with E-state index >= 15 is 0 Å². The fourth-order valence-electron chi connectivity index (χ4n) is 2.20. The van der Waals surface area contributed by atoms with Gasteiger partial charge in [-0.25, -0.2) is 0 Å². The van der Waals surface area contributed by atoms with E-state index in [1.165, 1.54) is 18.4 Å². The van der Waals surface area contributed by atoms with Crippen molar-refractivity contribution in [1.29, 1.82) is 0 Å². The zero-order valence-electron chi connectivity index (χ0n) is 8.62. The van der Waals surface area contributed by atoms with Crippen molar-refractivity contribution in [2.75, 3.05) is 20.2 Å². The molecule has 0 spiro atoms. The SMILES string of the molecule is COC1NC=CC=C1C1CCNCC1. The van der Waals surface area contributed by atoms with Crippen molar-refractivity contribution in [3.05, 3.63) is 23.9 Å². The molecule has 0 aliphatic carbocycles. The van der Waals surface area contributed by atoms with E-state index in [0.717, 1.165) is 13.1 Å². The van der Waals surface area contributed by atoms with E-state index in [2.05, 4.69) is 22.8 Å². The van der Waals surface area contributed by atoms with Crippen LogP contribution in [0.3, 0.4) is 0 Å². The third-order valence-electron chi connectivity index (χ3n) is 2.98. The predicted molar refractivity (Wildman–Crippen MR) is 56.7 cm³/mol. The summed E-state index contributed by atoms with van der Waals surface area (Å²) < 4.78 is 5.41. The monoisotopic (exact) mass is 194 g/mol. The van der Waals surface area contributed by atoms with Crippen LogP contribution < -0.4 is 10.6 Å². The molecule has 0 saturated carbocycles. The lowest BCUT2D eigenvalue weighted by Gasteiger charge is -2.31. The molecule has 1 atom stereocenters. The first-order valence-corrected chi connectivity index (χ1v) is 5.28. The molecule has 3 nitrogen and oxygen atoms in total. The zero-order valence-corrected chi connectivity index (χ0v) is 8.62. The molecule has 78 valence electrons. The second kappa shape index (κ2) is 4.62. The summed E-state index contributed by atoms with van der Waals surface area (Å²) in [7, 11) is 1.76. The molecule has 2 N–H and O–H groups in total. The standard InChI is InChI=1S/C11H18N2O/c1-14-11-10(3-2-6-13-11)9-4-7-12-8-5-9/h2-3,6,9,11-13H,4-5,7-8H2,1H3. The van der Waals surface area contributed by atoms with E-state index < -0.39 is 0 Å². The third kappa shape index (κ3) is 1.99. The van der Waals surface area contributed by atoms with Crippen LogP contribution in [-0.4, -0.2) is 26.4 Å². The molecule has 2 aliphatic rings. The first-order chi connectivity index (χ1) is 6.92. The Kier molecular flexibility index (Phi) is 3.22. The minimum absolute atomic E-state index is 0.0862. The number of allylic oxidation sites excluding steroid dienone is 2. The topological polar surface area (TPSA) is 33.3 Å². The van der Waals surface area contributed by atoms with Gasteiger partial charge in [0, 0.05) is 7.11 Å². The van der Waals surface area contributed by atoms with Crippen molar-refractivity contribution < 1.29 is 4.74 Å². The first kappa shape index (κ1) is 9.74. The number of hydrogen-bond acceptors (Lipinski definition) is 3. The van der Waals surface area contributed by atoms with Crippen molar-refractivity contribution in [1.82, 2.24) is 10.6 Å². The third-order valence-corrected chi connectivity index (χ3v) is 2.98. The summed E-state index contributed by atoms with van der Waals surface area (Å²) in [6.07, 6.45) is 8.73. The quantitative estimate of drug-likeness (QED) is 0.688. The van der Waals surface area contributed by atoms with E-state index in [-0.39, 0.29) is 6.23 Å². The van der Waals surface area contributed by atoms with Gasteiger partial charge in [-0.15, -0.1) is 0 Å². The van der Waals surface area contributed by atoms with Crippen LogP contribution in [0.1, 0.15) is 12.8 Å². The Morgan fingerprint density at radius 1 is 1.36 bits per heavy atom. The van der Waals surface area contributed by atoms with Gasteiger partial charge >= 0.3 is 0 Å². The smallest absolute Gasteiger partial charge is 0.149 e. The number of dihydropyridines is 1. The van der Waals surface area contributed by atoms with Crippen LogP contribution in [-0.2, 0) is 4.74 Å². The molecule has 0 aromatic rings. The van der Waals surface area contributed by atoms with Gasteiger partial charge in [-0.1, -0.05) is 6.08 Å². The van der Waals surface area contributed by atoms with Crippen LogP contribution >= 0.6 is 0 Å². The average molecular weight is 194 g/mol. The summed E-state index contributed by atoms with van der Waals surface area (Å²) in [5, 5.41) is 6.60. The summed E-state index contributed by atoms with van der Waals surface area (Å²) in [5.74, 6) is 0.679. The Labute approximate surface area is 85.2 Å². The number of rotatable bonds is 2. The fourth-order valence-corrected chi connectivity index (χ4v) is 2.20. The lowest BCUT2D eigenvalue weighted by atomic mass is 9.88. The minimum Gasteiger partial charge on any atom is -0.363 e. The van der Waals surface area contributed by atoms with Crippen molar-refractivity contribution >= 4 is 0 Å². The molecule has 3 heteroatoms. The molecule has 0 amide bonds. The van der Waals surface area contributed by atoms with Gasteiger partial charge < -0.3 is 15.4 Å². The van der Waals surface area contributed by atoms with Gasteiger partial charge in [-0.2, -0.15) is 0 Å². The van der Waals surface area contributed by atoms with E-state index in [9.17, 15) is 0 Å². The number of methoxy groups -OCH3 is 1. The van der Waals surface area contributed by atoms with Gasteiger partial charge in [-0.05, 0) is 49.7 Å². The lowest BCUT2D eigenvalue weighted by Crippen LogP contribution is -2.37. The molecule has 0 aromatic heterocycles. The van der Waals surface area contributed by atoms with E-state index in [1.807, 2.05) is 6.20 Å². The van der Waals surface area contributed by atoms with Crippen molar-refractivity contribution in [3.8, 4) is 0 Å². The second-order valence-corrected chi connectivity index (χ2v) is 3.83. The molecule has 0 bridgehead atoms. The van der Waals surface area contributed by atoms with Crippen LogP contribution in [0.2, 0.25) is 0 Å². The molecular formula is C11H18N2O. The number of ether oxygens (including phenoxy) is 1. The normalized spacial score (nSPS) is 28.4. The van der Waals surface area contributed by atoms with Gasteiger partial charge in [0.2, 0.25) is 0 Å². The Morgan fingerprint density at radius 2 is 2.14 bits per heavy atom. The largest absolute Gasteiger partial charge is 0.363 e. The molecule has 14 heavy (non-hydrogen) atoms. The molecule has 1 saturated heterocycles. The van der Waals surface area contributed by atoms with Crippen molar-refractivity contribution in [2.24, 2.45) is 5.92 Å². The van der Waals surface area contributed by atoms with Crippen molar-refractivity contribution in [3.63, 3.8) is 0 Å². The molecule has 2 rings (SSSR count). The highest BCUT2D eigenvalue weighted by Crippen LogP contribution is 2.25. The molecule has 0 aromatic carbocycles. The number of hydrogen-bond donors (Lipinski definition) is 2. The zero-order chi connectivity index (χ0) is 9.80. The molecule has 2 heterocycles. The van der Waals surface area contributed by atoms with Crippen LogP contribution in [0.5, 0.6) is 0 Å². The highest BCUT2D eigenvalue weighted by Gasteiger charge is 2.24. The van der Waals surface area contributed by atoms with Gasteiger partial charge in [0.25, 0.3) is 0 Å². The first-order valence-electron chi connectivity index (χ1n) is 5.28. The van der Waals surface area contributed by atoms with Crippen LogP contribution in [0.15, 0.2) is 23.9 Å². The van der Waals surface area contributed by atoms with Crippen LogP contribution in [0.25, 0.3) is 0 Å². The van der Waals surface area contributed by atoms with E-state index in [0.29, 0.717) is 5.92 Å². The summed E-state index contributed by atoms with van der Waals surface area (Å²) in [6.45, 7) is 2.25. The van der Waals surface area contributed by atoms with Gasteiger partial charge in [0.15, 0.2) is 0 Å². The van der Waals surface area contributed by atoms with Gasteiger partial charge in [0.05, 0.1) is 0 Å². The maximum absolute atomic E-state index is 5.41. The second-order valence-electron chi connectivity index (χ2n) is 3.83.